The summed E-state index contributed by atoms with van der Waals surface area (Å²) in [4.78, 5) is 0. The Morgan fingerprint density at radius 3 is 2.53 bits per heavy atom. The third-order valence-corrected chi connectivity index (χ3v) is 4.06. The van der Waals surface area contributed by atoms with E-state index in [-0.39, 0.29) is 5.82 Å². The zero-order valence-electron chi connectivity index (χ0n) is 11.1. The number of unbranched alkanes of at least 4 members (excludes halogenated alkanes) is 3. The lowest BCUT2D eigenvalue weighted by atomic mass is 10.1. The summed E-state index contributed by atoms with van der Waals surface area (Å²) in [5.41, 5.74) is 0.930. The number of aryl methyl sites for hydroxylation is 1. The van der Waals surface area contributed by atoms with Crippen molar-refractivity contribution in [3.63, 3.8) is 0 Å². The second-order valence-corrected chi connectivity index (χ2v) is 5.86. The topological polar surface area (TPSA) is 13.1 Å². The number of furan rings is 1. The fraction of sp³-hybridized carbons (Fsp3) is 0.375. The van der Waals surface area contributed by atoms with Crippen molar-refractivity contribution < 1.29 is 8.81 Å². The first kappa shape index (κ1) is 14.6. The molecular weight excluding hydrogens is 354 g/mol. The Morgan fingerprint density at radius 2 is 1.84 bits per heavy atom. The molecule has 0 amide bonds. The molecule has 0 aliphatic carbocycles. The molecule has 0 saturated carbocycles. The van der Waals surface area contributed by atoms with Crippen molar-refractivity contribution in [1.29, 1.82) is 0 Å². The molecule has 0 fully saturated rings. The molecule has 0 saturated heterocycles. The van der Waals surface area contributed by atoms with E-state index in [2.05, 4.69) is 29.5 Å². The van der Waals surface area contributed by atoms with Crippen LogP contribution in [-0.2, 0) is 6.42 Å². The summed E-state index contributed by atoms with van der Waals surface area (Å²) in [5.74, 6) is 1.66. The molecule has 1 aromatic carbocycles. The van der Waals surface area contributed by atoms with Gasteiger partial charge in [-0.15, -0.1) is 0 Å². The standard InChI is InChI=1S/C16H18FIO/c1-2-3-4-5-6-15-14(18)11-16(19-15)12-7-9-13(17)10-8-12/h7-11H,2-6H2,1H3. The molecule has 102 valence electrons. The Labute approximate surface area is 127 Å². The van der Waals surface area contributed by atoms with Gasteiger partial charge in [0.2, 0.25) is 0 Å². The number of halogens is 2. The SMILES string of the molecule is CCCCCCc1oc(-c2ccc(F)cc2)cc1I. The minimum Gasteiger partial charge on any atom is -0.460 e. The van der Waals surface area contributed by atoms with Crippen molar-refractivity contribution in [2.75, 3.05) is 0 Å². The van der Waals surface area contributed by atoms with Crippen LogP contribution in [0.1, 0.15) is 38.4 Å². The average Bonchev–Trinajstić information content (AvgIpc) is 2.77. The molecule has 2 rings (SSSR count). The predicted octanol–water partition coefficient (Wildman–Crippen LogP) is 5.81. The van der Waals surface area contributed by atoms with Crippen LogP contribution in [0.5, 0.6) is 0 Å². The third-order valence-electron chi connectivity index (χ3n) is 3.14. The molecule has 0 aliphatic heterocycles. The molecule has 2 aromatic rings. The molecule has 0 aliphatic rings. The lowest BCUT2D eigenvalue weighted by molar-refractivity contribution is 0.503. The maximum atomic E-state index is 12.9. The highest BCUT2D eigenvalue weighted by Crippen LogP contribution is 2.28. The van der Waals surface area contributed by atoms with E-state index in [9.17, 15) is 4.39 Å². The summed E-state index contributed by atoms with van der Waals surface area (Å²) in [5, 5.41) is 0. The van der Waals surface area contributed by atoms with Gasteiger partial charge in [-0.3, -0.25) is 0 Å². The van der Waals surface area contributed by atoms with Gasteiger partial charge in [0.05, 0.1) is 3.57 Å². The van der Waals surface area contributed by atoms with E-state index in [0.29, 0.717) is 0 Å². The van der Waals surface area contributed by atoms with Crippen molar-refractivity contribution in [1.82, 2.24) is 0 Å². The van der Waals surface area contributed by atoms with Crippen LogP contribution in [0.4, 0.5) is 4.39 Å². The van der Waals surface area contributed by atoms with E-state index in [4.69, 9.17) is 4.42 Å². The lowest BCUT2D eigenvalue weighted by Crippen LogP contribution is -1.85. The fourth-order valence-electron chi connectivity index (χ4n) is 2.05. The predicted molar refractivity (Wildman–Crippen MR) is 84.7 cm³/mol. The molecule has 19 heavy (non-hydrogen) atoms. The number of hydrogen-bond donors (Lipinski definition) is 0. The molecule has 0 N–H and O–H groups in total. The van der Waals surface area contributed by atoms with Gasteiger partial charge in [-0.25, -0.2) is 4.39 Å². The zero-order chi connectivity index (χ0) is 13.7. The molecule has 1 heterocycles. The molecule has 0 radical (unpaired) electrons. The Morgan fingerprint density at radius 1 is 1.11 bits per heavy atom. The Balaban J connectivity index is 2.05. The average molecular weight is 372 g/mol. The lowest BCUT2D eigenvalue weighted by Gasteiger charge is -1.99. The number of benzene rings is 1. The van der Waals surface area contributed by atoms with Crippen molar-refractivity contribution in [3.05, 3.63) is 45.5 Å². The van der Waals surface area contributed by atoms with Crippen molar-refractivity contribution >= 4 is 22.6 Å². The minimum absolute atomic E-state index is 0.218. The smallest absolute Gasteiger partial charge is 0.135 e. The summed E-state index contributed by atoms with van der Waals surface area (Å²) in [6, 6.07) is 8.47. The molecular formula is C16H18FIO. The van der Waals surface area contributed by atoms with Crippen LogP contribution < -0.4 is 0 Å². The van der Waals surface area contributed by atoms with Crippen molar-refractivity contribution in [2.24, 2.45) is 0 Å². The summed E-state index contributed by atoms with van der Waals surface area (Å²) in [6.45, 7) is 2.21. The first-order valence-electron chi connectivity index (χ1n) is 6.75. The van der Waals surface area contributed by atoms with Crippen LogP contribution in [0, 0.1) is 9.39 Å². The van der Waals surface area contributed by atoms with Gasteiger partial charge >= 0.3 is 0 Å². The van der Waals surface area contributed by atoms with E-state index >= 15 is 0 Å². The summed E-state index contributed by atoms with van der Waals surface area (Å²) in [7, 11) is 0. The van der Waals surface area contributed by atoms with Gasteiger partial charge in [-0.1, -0.05) is 26.2 Å². The largest absolute Gasteiger partial charge is 0.460 e. The first-order chi connectivity index (χ1) is 9.20. The second-order valence-electron chi connectivity index (χ2n) is 4.70. The molecule has 0 unspecified atom stereocenters. The Hall–Kier alpha value is -0.840. The molecule has 0 spiro atoms. The van der Waals surface area contributed by atoms with Crippen molar-refractivity contribution in [2.45, 2.75) is 39.0 Å². The van der Waals surface area contributed by atoms with Gasteiger partial charge in [0.1, 0.15) is 17.3 Å². The van der Waals surface area contributed by atoms with E-state index in [1.807, 2.05) is 6.07 Å². The summed E-state index contributed by atoms with van der Waals surface area (Å²) < 4.78 is 19.9. The summed E-state index contributed by atoms with van der Waals surface area (Å²) in [6.07, 6.45) is 5.93. The highest BCUT2D eigenvalue weighted by atomic mass is 127. The van der Waals surface area contributed by atoms with Crippen LogP contribution >= 0.6 is 22.6 Å². The van der Waals surface area contributed by atoms with E-state index in [1.165, 1.54) is 37.8 Å². The normalized spacial score (nSPS) is 10.9. The maximum absolute atomic E-state index is 12.9. The Bertz CT molecular complexity index is 516. The van der Waals surface area contributed by atoms with Crippen LogP contribution in [0.25, 0.3) is 11.3 Å². The molecule has 1 aromatic heterocycles. The van der Waals surface area contributed by atoms with Gasteiger partial charge in [0, 0.05) is 12.0 Å². The van der Waals surface area contributed by atoms with E-state index in [0.717, 1.165) is 27.1 Å². The first-order valence-corrected chi connectivity index (χ1v) is 7.82. The van der Waals surface area contributed by atoms with Crippen LogP contribution in [0.3, 0.4) is 0 Å². The quantitative estimate of drug-likeness (QED) is 0.461. The van der Waals surface area contributed by atoms with Gasteiger partial charge in [-0.2, -0.15) is 0 Å². The second kappa shape index (κ2) is 7.08. The van der Waals surface area contributed by atoms with Crippen LogP contribution in [0.15, 0.2) is 34.7 Å². The van der Waals surface area contributed by atoms with Gasteiger partial charge in [0.25, 0.3) is 0 Å². The maximum Gasteiger partial charge on any atom is 0.135 e. The summed E-state index contributed by atoms with van der Waals surface area (Å²) >= 11 is 2.31. The highest BCUT2D eigenvalue weighted by Gasteiger charge is 2.10. The van der Waals surface area contributed by atoms with Crippen molar-refractivity contribution in [3.8, 4) is 11.3 Å². The molecule has 0 atom stereocenters. The number of rotatable bonds is 6. The Kier molecular flexibility index (Phi) is 5.43. The van der Waals surface area contributed by atoms with Crippen LogP contribution in [-0.4, -0.2) is 0 Å². The highest BCUT2D eigenvalue weighted by molar-refractivity contribution is 14.1. The van der Waals surface area contributed by atoms with Gasteiger partial charge in [0.15, 0.2) is 0 Å². The van der Waals surface area contributed by atoms with Gasteiger partial charge in [-0.05, 0) is 59.3 Å². The fourth-order valence-corrected chi connectivity index (χ4v) is 2.71. The third kappa shape index (κ3) is 4.06. The molecule has 3 heteroatoms. The van der Waals surface area contributed by atoms with E-state index in [1.54, 1.807) is 12.1 Å². The minimum atomic E-state index is -0.218. The monoisotopic (exact) mass is 372 g/mol. The molecule has 1 nitrogen and oxygen atoms in total. The van der Waals surface area contributed by atoms with E-state index < -0.39 is 0 Å². The zero-order valence-corrected chi connectivity index (χ0v) is 13.2. The van der Waals surface area contributed by atoms with Gasteiger partial charge < -0.3 is 4.42 Å². The molecule has 0 bridgehead atoms. The van der Waals surface area contributed by atoms with Crippen LogP contribution in [0.2, 0.25) is 0 Å². The number of hydrogen-bond acceptors (Lipinski definition) is 1.